The fourth-order valence-corrected chi connectivity index (χ4v) is 6.17. The topological polar surface area (TPSA) is 92.4 Å². The Morgan fingerprint density at radius 1 is 1.19 bits per heavy atom. The molecule has 0 aliphatic carbocycles. The predicted octanol–water partition coefficient (Wildman–Crippen LogP) is 4.16. The Morgan fingerprint density at radius 2 is 2.03 bits per heavy atom. The summed E-state index contributed by atoms with van der Waals surface area (Å²) in [6, 6.07) is 7.81. The number of anilines is 2. The first-order valence-electron chi connectivity index (χ1n) is 12.1. The monoisotopic (exact) mass is 527 g/mol. The number of likely N-dealkylation sites (N-methyl/N-ethyl adjacent to an activating group) is 1. The Hall–Kier alpha value is -2.79. The highest BCUT2D eigenvalue weighted by Gasteiger charge is 2.26. The van der Waals surface area contributed by atoms with E-state index in [0.717, 1.165) is 50.3 Å². The average Bonchev–Trinajstić information content (AvgIpc) is 3.47. The SMILES string of the molecule is CN1CCCC1COc1nc(N2CCNCC2)c2cc(Cl)c(-c3cccc4sc(N)nc34)c(F)c2n1. The van der Waals surface area contributed by atoms with Gasteiger partial charge in [-0.05, 0) is 38.6 Å². The Morgan fingerprint density at radius 3 is 2.81 bits per heavy atom. The number of aromatic nitrogens is 3. The molecule has 1 atom stereocenters. The lowest BCUT2D eigenvalue weighted by atomic mass is 10.0. The number of fused-ring (bicyclic) bond motifs is 2. The normalized spacial score (nSPS) is 19.0. The minimum atomic E-state index is -0.516. The molecule has 2 aromatic heterocycles. The van der Waals surface area contributed by atoms with Gasteiger partial charge in [-0.25, -0.2) is 9.37 Å². The van der Waals surface area contributed by atoms with Crippen LogP contribution in [0.2, 0.25) is 5.02 Å². The van der Waals surface area contributed by atoms with Crippen LogP contribution in [0.15, 0.2) is 24.3 Å². The first-order valence-corrected chi connectivity index (χ1v) is 13.3. The molecule has 11 heteroatoms. The summed E-state index contributed by atoms with van der Waals surface area (Å²) in [6.07, 6.45) is 2.20. The van der Waals surface area contributed by atoms with E-state index < -0.39 is 5.82 Å². The van der Waals surface area contributed by atoms with Gasteiger partial charge in [0, 0.05) is 48.7 Å². The van der Waals surface area contributed by atoms with Gasteiger partial charge in [0.15, 0.2) is 10.9 Å². The van der Waals surface area contributed by atoms with Crippen molar-refractivity contribution >= 4 is 55.0 Å². The number of hydrogen-bond donors (Lipinski definition) is 2. The largest absolute Gasteiger partial charge is 0.462 e. The maximum Gasteiger partial charge on any atom is 0.319 e. The third-order valence-electron chi connectivity index (χ3n) is 7.04. The van der Waals surface area contributed by atoms with Crippen molar-refractivity contribution < 1.29 is 9.13 Å². The molecule has 8 nitrogen and oxygen atoms in total. The van der Waals surface area contributed by atoms with Crippen molar-refractivity contribution in [2.75, 3.05) is 57.0 Å². The average molecular weight is 528 g/mol. The highest BCUT2D eigenvalue weighted by molar-refractivity contribution is 7.22. The van der Waals surface area contributed by atoms with Crippen molar-refractivity contribution in [3.8, 4) is 17.1 Å². The molecule has 0 spiro atoms. The van der Waals surface area contributed by atoms with E-state index in [0.29, 0.717) is 40.1 Å². The molecule has 3 N–H and O–H groups in total. The van der Waals surface area contributed by atoms with Crippen LogP contribution in [0, 0.1) is 5.82 Å². The van der Waals surface area contributed by atoms with Gasteiger partial charge < -0.3 is 25.6 Å². The van der Waals surface area contributed by atoms with Crippen molar-refractivity contribution in [2.24, 2.45) is 0 Å². The summed E-state index contributed by atoms with van der Waals surface area (Å²) in [6.45, 7) is 4.63. The molecule has 4 heterocycles. The minimum Gasteiger partial charge on any atom is -0.462 e. The molecule has 2 saturated heterocycles. The van der Waals surface area contributed by atoms with Crippen molar-refractivity contribution in [2.45, 2.75) is 18.9 Å². The number of para-hydroxylation sites is 1. The second-order valence-corrected chi connectivity index (χ2v) is 10.8. The maximum absolute atomic E-state index is 16.4. The Kier molecular flexibility index (Phi) is 6.28. The van der Waals surface area contributed by atoms with E-state index in [1.807, 2.05) is 18.2 Å². The first kappa shape index (κ1) is 23.6. The van der Waals surface area contributed by atoms with Crippen LogP contribution in [0.25, 0.3) is 32.2 Å². The van der Waals surface area contributed by atoms with Crippen LogP contribution in [0.4, 0.5) is 15.3 Å². The molecule has 0 amide bonds. The van der Waals surface area contributed by atoms with Crippen molar-refractivity contribution in [3.05, 3.63) is 35.1 Å². The fraction of sp³-hybridized carbons (Fsp3) is 0.400. The molecule has 0 bridgehead atoms. The number of nitrogens with one attached hydrogen (secondary N) is 1. The number of piperazine rings is 1. The number of likely N-dealkylation sites (tertiary alicyclic amines) is 1. The van der Waals surface area contributed by atoms with Crippen LogP contribution in [0.3, 0.4) is 0 Å². The summed E-state index contributed by atoms with van der Waals surface area (Å²) in [5, 5.41) is 4.62. The number of nitrogens with two attached hydrogens (primary N) is 1. The van der Waals surface area contributed by atoms with Gasteiger partial charge in [0.1, 0.15) is 17.9 Å². The molecule has 36 heavy (non-hydrogen) atoms. The molecule has 6 rings (SSSR count). The summed E-state index contributed by atoms with van der Waals surface area (Å²) in [5.41, 5.74) is 7.60. The highest BCUT2D eigenvalue weighted by atomic mass is 35.5. The third-order valence-corrected chi connectivity index (χ3v) is 8.19. The van der Waals surface area contributed by atoms with E-state index in [1.165, 1.54) is 11.3 Å². The Balaban J connectivity index is 1.50. The molecular weight excluding hydrogens is 501 g/mol. The van der Waals surface area contributed by atoms with Gasteiger partial charge >= 0.3 is 6.01 Å². The summed E-state index contributed by atoms with van der Waals surface area (Å²) < 4.78 is 23.3. The second-order valence-electron chi connectivity index (χ2n) is 9.30. The quantitative estimate of drug-likeness (QED) is 0.399. The molecule has 188 valence electrons. The van der Waals surface area contributed by atoms with E-state index in [1.54, 1.807) is 6.07 Å². The second kappa shape index (κ2) is 9.59. The van der Waals surface area contributed by atoms with Gasteiger partial charge in [-0.2, -0.15) is 9.97 Å². The fourth-order valence-electron chi connectivity index (χ4n) is 5.12. The number of ether oxygens (including phenoxy) is 1. The molecule has 2 aliphatic heterocycles. The minimum absolute atomic E-state index is 0.180. The number of hydrogen-bond acceptors (Lipinski definition) is 9. The molecule has 0 radical (unpaired) electrons. The molecule has 2 aromatic carbocycles. The number of nitrogen functional groups attached to an aromatic ring is 1. The molecule has 0 saturated carbocycles. The van der Waals surface area contributed by atoms with Gasteiger partial charge in [0.05, 0.1) is 15.2 Å². The van der Waals surface area contributed by atoms with Gasteiger partial charge in [0.2, 0.25) is 0 Å². The number of rotatable bonds is 5. The molecule has 4 aromatic rings. The van der Waals surface area contributed by atoms with Crippen LogP contribution in [-0.2, 0) is 0 Å². The summed E-state index contributed by atoms with van der Waals surface area (Å²) in [7, 11) is 2.09. The highest BCUT2D eigenvalue weighted by Crippen LogP contribution is 2.42. The Bertz CT molecular complexity index is 1440. The van der Waals surface area contributed by atoms with Crippen LogP contribution in [-0.4, -0.2) is 72.3 Å². The lowest BCUT2D eigenvalue weighted by molar-refractivity contribution is 0.188. The smallest absolute Gasteiger partial charge is 0.319 e. The van der Waals surface area contributed by atoms with E-state index >= 15 is 4.39 Å². The first-order chi connectivity index (χ1) is 17.5. The van der Waals surface area contributed by atoms with Crippen molar-refractivity contribution in [3.63, 3.8) is 0 Å². The van der Waals surface area contributed by atoms with Gasteiger partial charge in [-0.1, -0.05) is 35.1 Å². The van der Waals surface area contributed by atoms with E-state index in [-0.39, 0.29) is 22.1 Å². The van der Waals surface area contributed by atoms with E-state index in [9.17, 15) is 0 Å². The number of benzene rings is 2. The summed E-state index contributed by atoms with van der Waals surface area (Å²) in [5.74, 6) is 0.123. The molecule has 2 aliphatic rings. The van der Waals surface area contributed by atoms with E-state index in [2.05, 4.69) is 32.1 Å². The van der Waals surface area contributed by atoms with Crippen LogP contribution >= 0.6 is 22.9 Å². The van der Waals surface area contributed by atoms with Crippen molar-refractivity contribution in [1.82, 2.24) is 25.2 Å². The summed E-state index contributed by atoms with van der Waals surface area (Å²) >= 11 is 8.10. The van der Waals surface area contributed by atoms with Gasteiger partial charge in [0.25, 0.3) is 0 Å². The van der Waals surface area contributed by atoms with Gasteiger partial charge in [-0.15, -0.1) is 0 Å². The van der Waals surface area contributed by atoms with Crippen LogP contribution < -0.4 is 20.7 Å². The number of nitrogens with zero attached hydrogens (tertiary/aromatic N) is 5. The maximum atomic E-state index is 16.4. The lowest BCUT2D eigenvalue weighted by Gasteiger charge is -2.29. The zero-order valence-corrected chi connectivity index (χ0v) is 21.5. The number of halogens is 2. The predicted molar refractivity (Wildman–Crippen MR) is 144 cm³/mol. The van der Waals surface area contributed by atoms with Crippen molar-refractivity contribution in [1.29, 1.82) is 0 Å². The zero-order chi connectivity index (χ0) is 24.8. The zero-order valence-electron chi connectivity index (χ0n) is 19.9. The lowest BCUT2D eigenvalue weighted by Crippen LogP contribution is -2.44. The van der Waals surface area contributed by atoms with Crippen LogP contribution in [0.5, 0.6) is 6.01 Å². The van der Waals surface area contributed by atoms with Gasteiger partial charge in [-0.3, -0.25) is 0 Å². The van der Waals surface area contributed by atoms with E-state index in [4.69, 9.17) is 27.1 Å². The molecule has 1 unspecified atom stereocenters. The molecular formula is C25H27ClFN7OS. The van der Waals surface area contributed by atoms with Crippen LogP contribution in [0.1, 0.15) is 12.8 Å². The summed E-state index contributed by atoms with van der Waals surface area (Å²) in [4.78, 5) is 18.1. The third kappa shape index (κ3) is 4.21. The Labute approximate surface area is 217 Å². The number of thiazole rings is 1. The standard InChI is InChI=1S/C25H27ClFN7OS/c1-33-9-3-4-14(33)13-35-25-31-22-16(23(32-25)34-10-7-29-8-11-34)12-17(26)19(20(22)27)15-5-2-6-18-21(15)30-24(28)36-18/h2,5-6,12,14,29H,3-4,7-11,13H2,1H3,(H2,28,30). The molecule has 2 fully saturated rings.